The average molecular weight is 117 g/mol. The van der Waals surface area contributed by atoms with Crippen LogP contribution in [0, 0.1) is 5.92 Å². The van der Waals surface area contributed by atoms with Gasteiger partial charge in [0.1, 0.15) is 0 Å². The van der Waals surface area contributed by atoms with E-state index in [0.717, 1.165) is 0 Å². The van der Waals surface area contributed by atoms with Gasteiger partial charge in [0.15, 0.2) is 0 Å². The molecule has 0 spiro atoms. The van der Waals surface area contributed by atoms with Gasteiger partial charge in [-0.2, -0.15) is 0 Å². The summed E-state index contributed by atoms with van der Waals surface area (Å²) in [5, 5.41) is 0. The molecule has 0 radical (unpaired) electrons. The van der Waals surface area contributed by atoms with Crippen molar-refractivity contribution in [1.29, 1.82) is 0 Å². The fourth-order valence-corrected chi connectivity index (χ4v) is 0.740. The van der Waals surface area contributed by atoms with Gasteiger partial charge in [-0.1, -0.05) is 20.3 Å². The van der Waals surface area contributed by atoms with Gasteiger partial charge in [0, 0.05) is 0 Å². The van der Waals surface area contributed by atoms with Crippen molar-refractivity contribution in [2.75, 3.05) is 6.61 Å². The van der Waals surface area contributed by atoms with Crippen LogP contribution in [0.2, 0.25) is 0 Å². The third-order valence-corrected chi connectivity index (χ3v) is 1.16. The number of rotatable bonds is 4. The maximum atomic E-state index is 4.86. The molecule has 1 atom stereocenters. The average Bonchev–Trinajstić information content (AvgIpc) is 1.68. The van der Waals surface area contributed by atoms with Gasteiger partial charge in [0.05, 0.1) is 6.61 Å². The molecule has 0 heterocycles. The van der Waals surface area contributed by atoms with E-state index in [-0.39, 0.29) is 0 Å². The van der Waals surface area contributed by atoms with Crippen LogP contribution in [0.5, 0.6) is 0 Å². The Kier molecular flexibility index (Phi) is 5.01. The molecule has 0 amide bonds. The van der Waals surface area contributed by atoms with E-state index in [1.165, 1.54) is 12.8 Å². The topological polar surface area (TPSA) is 35.2 Å². The lowest BCUT2D eigenvalue weighted by Crippen LogP contribution is -2.09. The molecule has 8 heavy (non-hydrogen) atoms. The van der Waals surface area contributed by atoms with Crippen LogP contribution in [0.4, 0.5) is 0 Å². The SMILES string of the molecule is CCC[C@H](C)CON. The van der Waals surface area contributed by atoms with Crippen LogP contribution in [0.1, 0.15) is 26.7 Å². The Balaban J connectivity index is 2.92. The minimum absolute atomic E-state index is 0.616. The predicted molar refractivity (Wildman–Crippen MR) is 34.2 cm³/mol. The molecule has 0 aliphatic rings. The normalized spacial score (nSPS) is 13.9. The summed E-state index contributed by atoms with van der Waals surface area (Å²) in [5.41, 5.74) is 0. The minimum Gasteiger partial charge on any atom is -0.304 e. The summed E-state index contributed by atoms with van der Waals surface area (Å²) >= 11 is 0. The molecule has 0 bridgehead atoms. The quantitative estimate of drug-likeness (QED) is 0.563. The Hall–Kier alpha value is -0.0800. The summed E-state index contributed by atoms with van der Waals surface area (Å²) in [7, 11) is 0. The Bertz CT molecular complexity index is 41.8. The molecule has 2 nitrogen and oxygen atoms in total. The number of hydrogen-bond acceptors (Lipinski definition) is 2. The Morgan fingerprint density at radius 2 is 2.25 bits per heavy atom. The molecule has 0 fully saturated rings. The first-order valence-corrected chi connectivity index (χ1v) is 3.13. The van der Waals surface area contributed by atoms with E-state index in [1.807, 2.05) is 0 Å². The highest BCUT2D eigenvalue weighted by atomic mass is 16.6. The van der Waals surface area contributed by atoms with Crippen molar-refractivity contribution in [3.05, 3.63) is 0 Å². The van der Waals surface area contributed by atoms with E-state index in [0.29, 0.717) is 12.5 Å². The predicted octanol–water partition coefficient (Wildman–Crippen LogP) is 1.31. The van der Waals surface area contributed by atoms with Gasteiger partial charge in [0.25, 0.3) is 0 Å². The third kappa shape index (κ3) is 4.09. The fraction of sp³-hybridized carbons (Fsp3) is 1.00. The molecule has 0 rings (SSSR count). The molecule has 0 aromatic heterocycles. The summed E-state index contributed by atoms with van der Waals surface area (Å²) < 4.78 is 0. The molecule has 0 saturated carbocycles. The van der Waals surface area contributed by atoms with Crippen LogP contribution in [-0.2, 0) is 4.84 Å². The van der Waals surface area contributed by atoms with Crippen LogP contribution in [0.15, 0.2) is 0 Å². The minimum atomic E-state index is 0.616. The zero-order chi connectivity index (χ0) is 6.41. The largest absolute Gasteiger partial charge is 0.304 e. The lowest BCUT2D eigenvalue weighted by atomic mass is 10.1. The molecule has 0 aliphatic carbocycles. The van der Waals surface area contributed by atoms with Gasteiger partial charge < -0.3 is 4.84 Å². The third-order valence-electron chi connectivity index (χ3n) is 1.16. The van der Waals surface area contributed by atoms with E-state index >= 15 is 0 Å². The van der Waals surface area contributed by atoms with Crippen LogP contribution < -0.4 is 5.90 Å². The molecular weight excluding hydrogens is 102 g/mol. The van der Waals surface area contributed by atoms with Gasteiger partial charge >= 0.3 is 0 Å². The smallest absolute Gasteiger partial charge is 0.0704 e. The van der Waals surface area contributed by atoms with Crippen molar-refractivity contribution in [2.45, 2.75) is 26.7 Å². The lowest BCUT2D eigenvalue weighted by molar-refractivity contribution is 0.104. The van der Waals surface area contributed by atoms with E-state index in [2.05, 4.69) is 18.7 Å². The van der Waals surface area contributed by atoms with Crippen molar-refractivity contribution in [3.63, 3.8) is 0 Å². The van der Waals surface area contributed by atoms with Gasteiger partial charge in [0.2, 0.25) is 0 Å². The van der Waals surface area contributed by atoms with Crippen LogP contribution in [0.25, 0.3) is 0 Å². The lowest BCUT2D eigenvalue weighted by Gasteiger charge is -2.05. The molecule has 0 aliphatic heterocycles. The number of nitrogens with two attached hydrogens (primary N) is 1. The van der Waals surface area contributed by atoms with Crippen molar-refractivity contribution < 1.29 is 4.84 Å². The van der Waals surface area contributed by atoms with Crippen LogP contribution in [0.3, 0.4) is 0 Å². The number of hydrogen-bond donors (Lipinski definition) is 1. The summed E-state index contributed by atoms with van der Waals surface area (Å²) in [5.74, 6) is 5.48. The van der Waals surface area contributed by atoms with Crippen molar-refractivity contribution >= 4 is 0 Å². The first kappa shape index (κ1) is 7.92. The molecule has 2 heteroatoms. The highest BCUT2D eigenvalue weighted by Gasteiger charge is 1.97. The van der Waals surface area contributed by atoms with E-state index < -0.39 is 0 Å². The van der Waals surface area contributed by atoms with E-state index in [1.54, 1.807) is 0 Å². The van der Waals surface area contributed by atoms with Gasteiger partial charge in [-0.3, -0.25) is 0 Å². The fourth-order valence-electron chi connectivity index (χ4n) is 0.740. The molecule has 0 aromatic carbocycles. The summed E-state index contributed by atoms with van der Waals surface area (Å²) in [6.07, 6.45) is 2.42. The first-order chi connectivity index (χ1) is 3.81. The van der Waals surface area contributed by atoms with Crippen molar-refractivity contribution in [3.8, 4) is 0 Å². The van der Waals surface area contributed by atoms with Crippen molar-refractivity contribution in [2.24, 2.45) is 11.8 Å². The zero-order valence-corrected chi connectivity index (χ0v) is 5.68. The second-order valence-electron chi connectivity index (χ2n) is 2.23. The van der Waals surface area contributed by atoms with Gasteiger partial charge in [-0.15, -0.1) is 0 Å². The molecule has 0 saturated heterocycles. The molecule has 2 N–H and O–H groups in total. The second kappa shape index (κ2) is 5.06. The maximum absolute atomic E-state index is 4.86. The van der Waals surface area contributed by atoms with Gasteiger partial charge in [-0.25, -0.2) is 5.90 Å². The standard InChI is InChI=1S/C6H15NO/c1-3-4-6(2)5-8-7/h6H,3-5,7H2,1-2H3/t6-/m0/s1. The maximum Gasteiger partial charge on any atom is 0.0704 e. The van der Waals surface area contributed by atoms with Crippen LogP contribution in [-0.4, -0.2) is 6.61 Å². The van der Waals surface area contributed by atoms with Crippen LogP contribution >= 0.6 is 0 Å². The summed E-state index contributed by atoms with van der Waals surface area (Å²) in [6, 6.07) is 0. The van der Waals surface area contributed by atoms with E-state index in [4.69, 9.17) is 5.90 Å². The molecule has 0 unspecified atom stereocenters. The molecule has 50 valence electrons. The monoisotopic (exact) mass is 117 g/mol. The summed E-state index contributed by atoms with van der Waals surface area (Å²) in [4.78, 5) is 4.46. The Morgan fingerprint density at radius 1 is 1.62 bits per heavy atom. The summed E-state index contributed by atoms with van der Waals surface area (Å²) in [6.45, 7) is 4.98. The molecular formula is C6H15NO. The Labute approximate surface area is 51.0 Å². The Morgan fingerprint density at radius 3 is 2.62 bits per heavy atom. The van der Waals surface area contributed by atoms with E-state index in [9.17, 15) is 0 Å². The van der Waals surface area contributed by atoms with Crippen molar-refractivity contribution in [1.82, 2.24) is 0 Å². The second-order valence-corrected chi connectivity index (χ2v) is 2.23. The van der Waals surface area contributed by atoms with Gasteiger partial charge in [-0.05, 0) is 12.3 Å². The molecule has 0 aromatic rings. The zero-order valence-electron chi connectivity index (χ0n) is 5.68. The highest BCUT2D eigenvalue weighted by molar-refractivity contribution is 4.47. The first-order valence-electron chi connectivity index (χ1n) is 3.13. The highest BCUT2D eigenvalue weighted by Crippen LogP contribution is 2.02.